The molecule has 3 aromatic rings. The fourth-order valence-electron chi connectivity index (χ4n) is 2.11. The Morgan fingerprint density at radius 3 is 2.80 bits per heavy atom. The molecule has 1 N–H and O–H groups in total. The van der Waals surface area contributed by atoms with Crippen LogP contribution < -0.4 is 5.32 Å². The van der Waals surface area contributed by atoms with Gasteiger partial charge < -0.3 is 9.73 Å². The van der Waals surface area contributed by atoms with Gasteiger partial charge in [-0.3, -0.25) is 4.79 Å². The minimum atomic E-state index is -0.395. The Kier molecular flexibility index (Phi) is 5.40. The predicted molar refractivity (Wildman–Crippen MR) is 97.4 cm³/mol. The summed E-state index contributed by atoms with van der Waals surface area (Å²) in [7, 11) is 0. The highest BCUT2D eigenvalue weighted by molar-refractivity contribution is 7.99. The van der Waals surface area contributed by atoms with Crippen molar-refractivity contribution in [2.75, 3.05) is 11.1 Å². The maximum absolute atomic E-state index is 13.2. The van der Waals surface area contributed by atoms with Crippen LogP contribution in [0.2, 0.25) is 5.02 Å². The molecule has 25 heavy (non-hydrogen) atoms. The van der Waals surface area contributed by atoms with Gasteiger partial charge in [0.15, 0.2) is 5.76 Å². The number of hydrogen-bond acceptors (Lipinski definition) is 4. The molecular formula is C18H14ClFN2O2S. The van der Waals surface area contributed by atoms with Gasteiger partial charge in [-0.2, -0.15) is 0 Å². The van der Waals surface area contributed by atoms with Crippen LogP contribution in [-0.2, 0) is 4.79 Å². The van der Waals surface area contributed by atoms with E-state index in [2.05, 4.69) is 10.3 Å². The van der Waals surface area contributed by atoms with Gasteiger partial charge >= 0.3 is 0 Å². The second-order valence-electron chi connectivity index (χ2n) is 5.29. The van der Waals surface area contributed by atoms with Gasteiger partial charge in [-0.15, -0.1) is 0 Å². The Morgan fingerprint density at radius 2 is 2.04 bits per heavy atom. The zero-order valence-corrected chi connectivity index (χ0v) is 14.8. The van der Waals surface area contributed by atoms with Gasteiger partial charge in [-0.25, -0.2) is 9.37 Å². The first-order valence-corrected chi connectivity index (χ1v) is 8.78. The zero-order chi connectivity index (χ0) is 17.8. The van der Waals surface area contributed by atoms with Crippen molar-refractivity contribution in [3.63, 3.8) is 0 Å². The lowest BCUT2D eigenvalue weighted by atomic mass is 10.2. The van der Waals surface area contributed by atoms with Crippen LogP contribution >= 0.6 is 23.4 Å². The molecule has 1 aromatic heterocycles. The van der Waals surface area contributed by atoms with Crippen molar-refractivity contribution in [2.24, 2.45) is 0 Å². The Morgan fingerprint density at radius 1 is 1.28 bits per heavy atom. The van der Waals surface area contributed by atoms with E-state index in [1.807, 2.05) is 12.1 Å². The summed E-state index contributed by atoms with van der Waals surface area (Å²) in [5.74, 6) is 0.0515. The molecule has 0 spiro atoms. The third kappa shape index (κ3) is 4.61. The molecule has 3 rings (SSSR count). The Hall–Kier alpha value is -2.31. The van der Waals surface area contributed by atoms with Gasteiger partial charge in [-0.05, 0) is 48.9 Å². The van der Waals surface area contributed by atoms with E-state index in [4.69, 9.17) is 16.0 Å². The molecule has 0 aliphatic carbocycles. The molecule has 0 saturated heterocycles. The van der Waals surface area contributed by atoms with Crippen molar-refractivity contribution in [2.45, 2.75) is 12.1 Å². The van der Waals surface area contributed by atoms with Crippen LogP contribution in [0.15, 0.2) is 58.3 Å². The molecule has 0 unspecified atom stereocenters. The summed E-state index contributed by atoms with van der Waals surface area (Å²) >= 11 is 7.02. The lowest BCUT2D eigenvalue weighted by molar-refractivity contribution is -0.113. The summed E-state index contributed by atoms with van der Waals surface area (Å²) in [6.45, 7) is 1.80. The average Bonchev–Trinajstić information content (AvgIpc) is 3.06. The van der Waals surface area contributed by atoms with E-state index in [1.54, 1.807) is 31.3 Å². The minimum Gasteiger partial charge on any atom is -0.431 e. The summed E-state index contributed by atoms with van der Waals surface area (Å²) < 4.78 is 18.9. The molecule has 1 amide bonds. The van der Waals surface area contributed by atoms with E-state index < -0.39 is 5.82 Å². The van der Waals surface area contributed by atoms with Crippen LogP contribution in [0.25, 0.3) is 11.3 Å². The molecule has 0 aliphatic rings. The average molecular weight is 377 g/mol. The van der Waals surface area contributed by atoms with Gasteiger partial charge in [0.2, 0.25) is 5.91 Å². The van der Waals surface area contributed by atoms with Gasteiger partial charge in [0.25, 0.3) is 5.22 Å². The number of carbonyl (C=O) groups is 1. The number of thioether (sulfide) groups is 1. The number of oxazole rings is 1. The fourth-order valence-corrected chi connectivity index (χ4v) is 2.84. The lowest BCUT2D eigenvalue weighted by Gasteiger charge is -2.07. The number of nitrogens with one attached hydrogen (secondary N) is 1. The number of hydrogen-bond donors (Lipinski definition) is 1. The first kappa shape index (κ1) is 17.5. The largest absolute Gasteiger partial charge is 0.431 e. The maximum atomic E-state index is 13.2. The third-order valence-electron chi connectivity index (χ3n) is 3.41. The van der Waals surface area contributed by atoms with Gasteiger partial charge in [0.1, 0.15) is 5.82 Å². The molecule has 0 saturated carbocycles. The number of aromatic nitrogens is 1. The first-order chi connectivity index (χ1) is 12.0. The highest BCUT2D eigenvalue weighted by Gasteiger charge is 2.11. The van der Waals surface area contributed by atoms with Gasteiger partial charge in [0, 0.05) is 16.3 Å². The number of rotatable bonds is 5. The van der Waals surface area contributed by atoms with E-state index in [9.17, 15) is 9.18 Å². The highest BCUT2D eigenvalue weighted by atomic mass is 35.5. The van der Waals surface area contributed by atoms with Gasteiger partial charge in [-0.1, -0.05) is 29.4 Å². The van der Waals surface area contributed by atoms with Crippen LogP contribution in [0.5, 0.6) is 0 Å². The molecule has 4 nitrogen and oxygen atoms in total. The zero-order valence-electron chi connectivity index (χ0n) is 13.3. The van der Waals surface area contributed by atoms with E-state index >= 15 is 0 Å². The standard InChI is InChI=1S/C18H14ClFN2O2S/c1-11-2-7-14(20)8-15(11)22-17(23)10-25-18-21-9-16(24-18)12-3-5-13(19)6-4-12/h2-9H,10H2,1H3,(H,22,23). The Bertz CT molecular complexity index is 896. The quantitative estimate of drug-likeness (QED) is 0.624. The van der Waals surface area contributed by atoms with Crippen molar-refractivity contribution in [3.8, 4) is 11.3 Å². The Balaban J connectivity index is 1.59. The van der Waals surface area contributed by atoms with E-state index in [-0.39, 0.29) is 11.7 Å². The monoisotopic (exact) mass is 376 g/mol. The summed E-state index contributed by atoms with van der Waals surface area (Å²) in [4.78, 5) is 16.2. The number of nitrogens with zero attached hydrogens (tertiary/aromatic N) is 1. The number of halogens is 2. The molecule has 0 radical (unpaired) electrons. The third-order valence-corrected chi connectivity index (χ3v) is 4.51. The van der Waals surface area contributed by atoms with Crippen molar-refractivity contribution in [3.05, 3.63) is 65.1 Å². The van der Waals surface area contributed by atoms with Gasteiger partial charge in [0.05, 0.1) is 11.9 Å². The number of amides is 1. The molecule has 0 fully saturated rings. The van der Waals surface area contributed by atoms with E-state index in [0.29, 0.717) is 21.7 Å². The van der Waals surface area contributed by atoms with Crippen molar-refractivity contribution in [1.29, 1.82) is 0 Å². The van der Waals surface area contributed by atoms with Crippen LogP contribution in [0.3, 0.4) is 0 Å². The second kappa shape index (κ2) is 7.72. The molecule has 7 heteroatoms. The van der Waals surface area contributed by atoms with Crippen molar-refractivity contribution in [1.82, 2.24) is 4.98 Å². The number of carbonyl (C=O) groups excluding carboxylic acids is 1. The minimum absolute atomic E-state index is 0.108. The number of benzene rings is 2. The molecule has 0 aliphatic heterocycles. The number of aryl methyl sites for hydroxylation is 1. The second-order valence-corrected chi connectivity index (χ2v) is 6.66. The SMILES string of the molecule is Cc1ccc(F)cc1NC(=O)CSc1ncc(-c2ccc(Cl)cc2)o1. The molecule has 1 heterocycles. The molecule has 2 aromatic carbocycles. The van der Waals surface area contributed by atoms with Crippen LogP contribution in [0.4, 0.5) is 10.1 Å². The smallest absolute Gasteiger partial charge is 0.256 e. The summed E-state index contributed by atoms with van der Waals surface area (Å²) in [6.07, 6.45) is 1.60. The summed E-state index contributed by atoms with van der Waals surface area (Å²) in [5.41, 5.74) is 2.10. The molecule has 0 atom stereocenters. The van der Waals surface area contributed by atoms with E-state index in [1.165, 1.54) is 23.9 Å². The number of anilines is 1. The van der Waals surface area contributed by atoms with Crippen molar-refractivity contribution < 1.29 is 13.6 Å². The normalized spacial score (nSPS) is 10.7. The summed E-state index contributed by atoms with van der Waals surface area (Å²) in [5, 5.41) is 3.71. The first-order valence-electron chi connectivity index (χ1n) is 7.42. The molecular weight excluding hydrogens is 363 g/mol. The van der Waals surface area contributed by atoms with Crippen LogP contribution in [0.1, 0.15) is 5.56 Å². The lowest BCUT2D eigenvalue weighted by Crippen LogP contribution is -2.15. The molecule has 0 bridgehead atoms. The predicted octanol–water partition coefficient (Wildman–Crippen LogP) is 5.17. The topological polar surface area (TPSA) is 55.1 Å². The van der Waals surface area contributed by atoms with Crippen LogP contribution in [-0.4, -0.2) is 16.6 Å². The van der Waals surface area contributed by atoms with Crippen molar-refractivity contribution >= 4 is 35.0 Å². The van der Waals surface area contributed by atoms with E-state index in [0.717, 1.165) is 11.1 Å². The summed E-state index contributed by atoms with van der Waals surface area (Å²) in [6, 6.07) is 11.5. The maximum Gasteiger partial charge on any atom is 0.256 e. The Labute approximate surface area is 153 Å². The highest BCUT2D eigenvalue weighted by Crippen LogP contribution is 2.26. The van der Waals surface area contributed by atoms with Crippen LogP contribution in [0, 0.1) is 12.7 Å². The molecule has 128 valence electrons. The fraction of sp³-hybridized carbons (Fsp3) is 0.111.